The molecule has 0 bridgehead atoms. The van der Waals surface area contributed by atoms with Crippen molar-refractivity contribution in [2.45, 2.75) is 25.8 Å². The highest BCUT2D eigenvalue weighted by atomic mass is 79.9. The van der Waals surface area contributed by atoms with Gasteiger partial charge in [0, 0.05) is 33.9 Å². The number of fused-ring (bicyclic) bond motifs is 2. The summed E-state index contributed by atoms with van der Waals surface area (Å²) in [6, 6.07) is 31.4. The molecule has 3 heterocycles. The molecule has 0 aliphatic carbocycles. The highest BCUT2D eigenvalue weighted by molar-refractivity contribution is 9.10. The van der Waals surface area contributed by atoms with Crippen molar-refractivity contribution in [3.8, 4) is 0 Å². The number of hydrogen-bond donors (Lipinski definition) is 1. The van der Waals surface area contributed by atoms with E-state index in [-0.39, 0.29) is 30.9 Å². The summed E-state index contributed by atoms with van der Waals surface area (Å²) >= 11 is 3.61. The molecule has 0 unspecified atom stereocenters. The molecule has 2 aliphatic heterocycles. The Labute approximate surface area is 274 Å². The fourth-order valence-electron chi connectivity index (χ4n) is 5.89. The summed E-state index contributed by atoms with van der Waals surface area (Å²) in [4.78, 5) is 54.8. The Hall–Kier alpha value is -5.35. The first-order chi connectivity index (χ1) is 22.2. The fraction of sp³-hybridized carbons (Fsp3) is 0.139. The molecule has 4 amide bonds. The molecular weight excluding hydrogens is 644 g/mol. The third-order valence-electron chi connectivity index (χ3n) is 8.29. The summed E-state index contributed by atoms with van der Waals surface area (Å²) in [6.07, 6.45) is 1.74. The van der Waals surface area contributed by atoms with Gasteiger partial charge in [0.05, 0.1) is 29.0 Å². The van der Waals surface area contributed by atoms with Crippen molar-refractivity contribution < 1.29 is 14.4 Å². The number of amides is 4. The van der Waals surface area contributed by atoms with E-state index < -0.39 is 5.41 Å². The Kier molecular flexibility index (Phi) is 7.37. The van der Waals surface area contributed by atoms with E-state index in [0.717, 1.165) is 27.0 Å². The highest BCUT2D eigenvalue weighted by Gasteiger charge is 2.40. The van der Waals surface area contributed by atoms with Crippen molar-refractivity contribution in [3.63, 3.8) is 0 Å². The SMILES string of the molecule is CC(C)(CN1C(=O)c2ccccc2C1=O)c1cccc(N2C(=O)N(c3ccccc3Br)Cc3cnc(Nc4ccccc4)nc32)c1. The van der Waals surface area contributed by atoms with E-state index in [9.17, 15) is 14.4 Å². The molecule has 2 aliphatic rings. The van der Waals surface area contributed by atoms with Crippen LogP contribution in [0.1, 0.15) is 45.7 Å². The predicted octanol–water partition coefficient (Wildman–Crippen LogP) is 7.83. The van der Waals surface area contributed by atoms with Crippen molar-refractivity contribution in [2.75, 3.05) is 21.7 Å². The molecule has 0 fully saturated rings. The normalized spacial score (nSPS) is 14.4. The summed E-state index contributed by atoms with van der Waals surface area (Å²) in [5, 5.41) is 3.23. The van der Waals surface area contributed by atoms with Crippen LogP contribution >= 0.6 is 15.9 Å². The Morgan fingerprint density at radius 3 is 2.22 bits per heavy atom. The predicted molar refractivity (Wildman–Crippen MR) is 181 cm³/mol. The van der Waals surface area contributed by atoms with Gasteiger partial charge in [-0.15, -0.1) is 0 Å². The first-order valence-corrected chi connectivity index (χ1v) is 15.6. The lowest BCUT2D eigenvalue weighted by atomic mass is 9.83. The van der Waals surface area contributed by atoms with Gasteiger partial charge in [-0.1, -0.05) is 68.4 Å². The number of hydrogen-bond acceptors (Lipinski definition) is 6. The molecule has 5 aromatic rings. The number of para-hydroxylation sites is 2. The van der Waals surface area contributed by atoms with Crippen LogP contribution in [0.2, 0.25) is 0 Å². The molecule has 0 spiro atoms. The number of rotatable bonds is 7. The molecule has 1 N–H and O–H groups in total. The average molecular weight is 674 g/mol. The molecule has 228 valence electrons. The molecule has 0 radical (unpaired) electrons. The van der Waals surface area contributed by atoms with E-state index >= 15 is 0 Å². The molecule has 0 saturated heterocycles. The maximum atomic E-state index is 14.4. The Bertz CT molecular complexity index is 1980. The van der Waals surface area contributed by atoms with Crippen LogP contribution in [0.25, 0.3) is 0 Å². The standard InChI is InChI=1S/C36H29BrN6O3/c1-36(2,22-42-32(44)27-15-6-7-16-28(27)33(42)45)24-11-10-14-26(19-24)43-31-23(20-38-34(40-31)39-25-12-4-3-5-13-25)21-41(35(43)46)30-18-9-8-17-29(30)37/h3-20H,21-22H2,1-2H3,(H,38,39,40). The average Bonchev–Trinajstić information content (AvgIpc) is 3.30. The number of anilines is 5. The van der Waals surface area contributed by atoms with Gasteiger partial charge >= 0.3 is 6.03 Å². The number of carbonyl (C=O) groups excluding carboxylic acids is 3. The topological polar surface area (TPSA) is 98.7 Å². The second-order valence-electron chi connectivity index (χ2n) is 11.9. The maximum Gasteiger partial charge on any atom is 0.335 e. The van der Waals surface area contributed by atoms with Gasteiger partial charge in [-0.25, -0.2) is 14.7 Å². The van der Waals surface area contributed by atoms with Crippen LogP contribution in [0.15, 0.2) is 114 Å². The molecular formula is C36H29BrN6O3. The lowest BCUT2D eigenvalue weighted by molar-refractivity contribution is 0.0623. The van der Waals surface area contributed by atoms with Crippen molar-refractivity contribution in [1.29, 1.82) is 0 Å². The first-order valence-electron chi connectivity index (χ1n) is 14.8. The molecule has 9 nitrogen and oxygen atoms in total. The van der Waals surface area contributed by atoms with Crippen molar-refractivity contribution >= 4 is 62.6 Å². The molecule has 10 heteroatoms. The van der Waals surface area contributed by atoms with Crippen molar-refractivity contribution in [3.05, 3.63) is 136 Å². The summed E-state index contributed by atoms with van der Waals surface area (Å²) < 4.78 is 0.783. The minimum atomic E-state index is -0.640. The fourth-order valence-corrected chi connectivity index (χ4v) is 6.39. The summed E-state index contributed by atoms with van der Waals surface area (Å²) in [7, 11) is 0. The van der Waals surface area contributed by atoms with Gasteiger partial charge in [-0.05, 0) is 70.0 Å². The number of nitrogens with zero attached hydrogens (tertiary/aromatic N) is 5. The molecule has 4 aromatic carbocycles. The third kappa shape index (κ3) is 5.20. The number of aromatic nitrogens is 2. The van der Waals surface area contributed by atoms with E-state index in [1.165, 1.54) is 4.90 Å². The lowest BCUT2D eigenvalue weighted by Gasteiger charge is -2.37. The van der Waals surface area contributed by atoms with E-state index in [1.54, 1.807) is 40.3 Å². The molecule has 1 aromatic heterocycles. The van der Waals surface area contributed by atoms with E-state index in [4.69, 9.17) is 4.98 Å². The highest BCUT2D eigenvalue weighted by Crippen LogP contribution is 2.40. The second-order valence-corrected chi connectivity index (χ2v) is 12.7. The van der Waals surface area contributed by atoms with E-state index in [2.05, 4.69) is 26.2 Å². The first kappa shape index (κ1) is 29.4. The summed E-state index contributed by atoms with van der Waals surface area (Å²) in [5.74, 6) is 0.227. The zero-order chi connectivity index (χ0) is 32.0. The Morgan fingerprint density at radius 2 is 1.50 bits per heavy atom. The minimum absolute atomic E-state index is 0.170. The van der Waals surface area contributed by atoms with Gasteiger partial charge in [-0.3, -0.25) is 19.4 Å². The molecule has 0 saturated carbocycles. The number of halogens is 1. The van der Waals surface area contributed by atoms with Crippen LogP contribution in [-0.2, 0) is 12.0 Å². The molecule has 46 heavy (non-hydrogen) atoms. The Balaban J connectivity index is 1.27. The van der Waals surface area contributed by atoms with Crippen molar-refractivity contribution in [1.82, 2.24) is 14.9 Å². The molecule has 7 rings (SSSR count). The quantitative estimate of drug-likeness (QED) is 0.177. The van der Waals surface area contributed by atoms with Gasteiger partial charge in [0.25, 0.3) is 11.8 Å². The van der Waals surface area contributed by atoms with E-state index in [0.29, 0.717) is 28.6 Å². The maximum absolute atomic E-state index is 14.4. The zero-order valence-electron chi connectivity index (χ0n) is 25.1. The van der Waals surface area contributed by atoms with Crippen molar-refractivity contribution in [2.24, 2.45) is 0 Å². The van der Waals surface area contributed by atoms with Crippen LogP contribution < -0.4 is 15.1 Å². The summed E-state index contributed by atoms with van der Waals surface area (Å²) in [6.45, 7) is 4.42. The van der Waals surface area contributed by atoms with Gasteiger partial charge in [0.1, 0.15) is 0 Å². The number of urea groups is 1. The third-order valence-corrected chi connectivity index (χ3v) is 8.97. The van der Waals surface area contributed by atoms with Gasteiger partial charge < -0.3 is 5.32 Å². The second kappa shape index (κ2) is 11.5. The minimum Gasteiger partial charge on any atom is -0.324 e. The smallest absolute Gasteiger partial charge is 0.324 e. The monoisotopic (exact) mass is 672 g/mol. The van der Waals surface area contributed by atoms with Crippen LogP contribution in [0.3, 0.4) is 0 Å². The number of nitrogens with one attached hydrogen (secondary N) is 1. The number of benzene rings is 4. The zero-order valence-corrected chi connectivity index (χ0v) is 26.7. The molecule has 0 atom stereocenters. The van der Waals surface area contributed by atoms with Crippen LogP contribution in [0, 0.1) is 0 Å². The number of carbonyl (C=O) groups is 3. The van der Waals surface area contributed by atoms with Gasteiger partial charge in [0.15, 0.2) is 5.82 Å². The summed E-state index contributed by atoms with van der Waals surface area (Å²) in [5.41, 5.74) is 3.95. The van der Waals surface area contributed by atoms with E-state index in [1.807, 2.05) is 92.7 Å². The van der Waals surface area contributed by atoms with Crippen LogP contribution in [0.5, 0.6) is 0 Å². The largest absolute Gasteiger partial charge is 0.335 e. The van der Waals surface area contributed by atoms with Gasteiger partial charge in [0.2, 0.25) is 5.95 Å². The van der Waals surface area contributed by atoms with Crippen LogP contribution in [-0.4, -0.2) is 39.3 Å². The van der Waals surface area contributed by atoms with Gasteiger partial charge in [-0.2, -0.15) is 4.98 Å². The Morgan fingerprint density at radius 1 is 0.826 bits per heavy atom. The van der Waals surface area contributed by atoms with Crippen LogP contribution in [0.4, 0.5) is 33.6 Å². The lowest BCUT2D eigenvalue weighted by Crippen LogP contribution is -2.46. The number of imide groups is 1.